The first-order valence-electron chi connectivity index (χ1n) is 6.41. The van der Waals surface area contributed by atoms with Gasteiger partial charge in [0.05, 0.1) is 6.61 Å². The van der Waals surface area contributed by atoms with Crippen molar-refractivity contribution < 1.29 is 13.9 Å². The normalized spacial score (nSPS) is 11.4. The predicted octanol–water partition coefficient (Wildman–Crippen LogP) is 2.30. The second kappa shape index (κ2) is 7.21. The van der Waals surface area contributed by atoms with Gasteiger partial charge in [-0.2, -0.15) is 0 Å². The molecule has 0 aliphatic rings. The van der Waals surface area contributed by atoms with Crippen molar-refractivity contribution in [2.24, 2.45) is 5.73 Å². The molecule has 0 aromatic heterocycles. The molecule has 0 unspecified atom stereocenters. The molecular formula is C14H21FN2O2. The fourth-order valence-corrected chi connectivity index (χ4v) is 1.53. The number of benzene rings is 1. The third-order valence-electron chi connectivity index (χ3n) is 3.16. The van der Waals surface area contributed by atoms with E-state index in [0.29, 0.717) is 12.3 Å². The van der Waals surface area contributed by atoms with E-state index in [-0.39, 0.29) is 23.9 Å². The first-order chi connectivity index (χ1) is 8.99. The maximum absolute atomic E-state index is 12.7. The van der Waals surface area contributed by atoms with Crippen molar-refractivity contribution in [3.8, 4) is 0 Å². The van der Waals surface area contributed by atoms with Crippen molar-refractivity contribution in [2.45, 2.75) is 32.2 Å². The minimum absolute atomic E-state index is 0.0592. The van der Waals surface area contributed by atoms with Crippen LogP contribution in [0.1, 0.15) is 26.7 Å². The first-order valence-corrected chi connectivity index (χ1v) is 6.41. The van der Waals surface area contributed by atoms with E-state index >= 15 is 0 Å². The van der Waals surface area contributed by atoms with Crippen LogP contribution in [0.3, 0.4) is 0 Å². The molecule has 1 rings (SSSR count). The summed E-state index contributed by atoms with van der Waals surface area (Å²) in [5.74, 6) is -0.616. The standard InChI is InChI=1S/C14H21FN2O2/c1-3-14(16,4-2)10-19-9-13(18)17-12-7-5-11(15)6-8-12/h5-8H,3-4,9-10,16H2,1-2H3,(H,17,18). The summed E-state index contributed by atoms with van der Waals surface area (Å²) in [4.78, 5) is 11.6. The number of halogens is 1. The molecule has 19 heavy (non-hydrogen) atoms. The van der Waals surface area contributed by atoms with Gasteiger partial charge in [0.2, 0.25) is 5.91 Å². The molecule has 5 heteroatoms. The summed E-state index contributed by atoms with van der Waals surface area (Å²) in [5, 5.41) is 2.62. The van der Waals surface area contributed by atoms with Crippen LogP contribution < -0.4 is 11.1 Å². The number of anilines is 1. The number of ether oxygens (including phenoxy) is 1. The van der Waals surface area contributed by atoms with E-state index < -0.39 is 0 Å². The van der Waals surface area contributed by atoms with Crippen molar-refractivity contribution in [3.05, 3.63) is 30.1 Å². The SMILES string of the molecule is CCC(N)(CC)COCC(=O)Nc1ccc(F)cc1. The smallest absolute Gasteiger partial charge is 0.250 e. The second-order valence-corrected chi connectivity index (χ2v) is 4.62. The molecule has 0 saturated carbocycles. The molecule has 106 valence electrons. The molecule has 0 atom stereocenters. The Kier molecular flexibility index (Phi) is 5.92. The average Bonchev–Trinajstić information content (AvgIpc) is 2.41. The van der Waals surface area contributed by atoms with Gasteiger partial charge in [-0.1, -0.05) is 13.8 Å². The molecule has 1 aromatic carbocycles. The van der Waals surface area contributed by atoms with Gasteiger partial charge in [-0.25, -0.2) is 4.39 Å². The fraction of sp³-hybridized carbons (Fsp3) is 0.500. The van der Waals surface area contributed by atoms with Crippen LogP contribution in [0.2, 0.25) is 0 Å². The summed E-state index contributed by atoms with van der Waals surface area (Å²) in [6.07, 6.45) is 1.59. The highest BCUT2D eigenvalue weighted by Crippen LogP contribution is 2.12. The van der Waals surface area contributed by atoms with Crippen LogP contribution in [0, 0.1) is 5.82 Å². The number of nitrogens with two attached hydrogens (primary N) is 1. The van der Waals surface area contributed by atoms with Gasteiger partial charge < -0.3 is 15.8 Å². The summed E-state index contributed by atoms with van der Waals surface area (Å²) in [7, 11) is 0. The van der Waals surface area contributed by atoms with Gasteiger partial charge in [0.15, 0.2) is 0 Å². The Balaban J connectivity index is 2.34. The number of hydrogen-bond donors (Lipinski definition) is 2. The lowest BCUT2D eigenvalue weighted by Crippen LogP contribution is -2.43. The van der Waals surface area contributed by atoms with Gasteiger partial charge in [-0.05, 0) is 37.1 Å². The quantitative estimate of drug-likeness (QED) is 0.797. The number of carbonyl (C=O) groups excluding carboxylic acids is 1. The molecule has 1 amide bonds. The zero-order chi connectivity index (χ0) is 14.3. The van der Waals surface area contributed by atoms with Gasteiger partial charge in [0.25, 0.3) is 0 Å². The number of amides is 1. The Bertz CT molecular complexity index is 402. The molecule has 0 aliphatic carbocycles. The van der Waals surface area contributed by atoms with E-state index in [4.69, 9.17) is 10.5 Å². The zero-order valence-corrected chi connectivity index (χ0v) is 11.4. The molecule has 3 N–H and O–H groups in total. The minimum Gasteiger partial charge on any atom is -0.370 e. The first kappa shape index (κ1) is 15.6. The van der Waals surface area contributed by atoms with Crippen molar-refractivity contribution in [1.82, 2.24) is 0 Å². The summed E-state index contributed by atoms with van der Waals surface area (Å²) in [6.45, 7) is 4.27. The number of hydrogen-bond acceptors (Lipinski definition) is 3. The van der Waals surface area contributed by atoms with E-state index in [1.54, 1.807) is 0 Å². The second-order valence-electron chi connectivity index (χ2n) is 4.62. The Morgan fingerprint density at radius 1 is 1.32 bits per heavy atom. The summed E-state index contributed by atoms with van der Waals surface area (Å²) >= 11 is 0. The molecule has 1 aromatic rings. The van der Waals surface area contributed by atoms with E-state index in [1.807, 2.05) is 13.8 Å². The van der Waals surface area contributed by atoms with E-state index in [1.165, 1.54) is 24.3 Å². The lowest BCUT2D eigenvalue weighted by atomic mass is 9.96. The average molecular weight is 268 g/mol. The van der Waals surface area contributed by atoms with E-state index in [2.05, 4.69) is 5.32 Å². The Morgan fingerprint density at radius 2 is 1.89 bits per heavy atom. The van der Waals surface area contributed by atoms with Gasteiger partial charge in [-0.15, -0.1) is 0 Å². The summed E-state index contributed by atoms with van der Waals surface area (Å²) in [5.41, 5.74) is 6.22. The zero-order valence-electron chi connectivity index (χ0n) is 11.4. The van der Waals surface area contributed by atoms with E-state index in [0.717, 1.165) is 12.8 Å². The lowest BCUT2D eigenvalue weighted by molar-refractivity contribution is -0.121. The molecule has 0 bridgehead atoms. The molecular weight excluding hydrogens is 247 g/mol. The van der Waals surface area contributed by atoms with Crippen molar-refractivity contribution in [2.75, 3.05) is 18.5 Å². The van der Waals surface area contributed by atoms with Crippen LogP contribution in [-0.4, -0.2) is 24.7 Å². The van der Waals surface area contributed by atoms with Crippen molar-refractivity contribution in [3.63, 3.8) is 0 Å². The molecule has 0 fully saturated rings. The Morgan fingerprint density at radius 3 is 2.42 bits per heavy atom. The summed E-state index contributed by atoms with van der Waals surface area (Å²) in [6, 6.07) is 5.57. The van der Waals surface area contributed by atoms with Gasteiger partial charge in [-0.3, -0.25) is 4.79 Å². The number of carbonyl (C=O) groups is 1. The van der Waals surface area contributed by atoms with Crippen LogP contribution in [0.4, 0.5) is 10.1 Å². The van der Waals surface area contributed by atoms with Gasteiger partial charge in [0.1, 0.15) is 12.4 Å². The molecule has 0 radical (unpaired) electrons. The molecule has 0 heterocycles. The topological polar surface area (TPSA) is 64.3 Å². The maximum atomic E-state index is 12.7. The molecule has 0 saturated heterocycles. The maximum Gasteiger partial charge on any atom is 0.250 e. The molecule has 0 aliphatic heterocycles. The van der Waals surface area contributed by atoms with Crippen LogP contribution in [0.25, 0.3) is 0 Å². The lowest BCUT2D eigenvalue weighted by Gasteiger charge is -2.25. The van der Waals surface area contributed by atoms with Crippen molar-refractivity contribution >= 4 is 11.6 Å². The van der Waals surface area contributed by atoms with Crippen LogP contribution in [-0.2, 0) is 9.53 Å². The number of rotatable bonds is 7. The van der Waals surface area contributed by atoms with Gasteiger partial charge in [0, 0.05) is 11.2 Å². The highest BCUT2D eigenvalue weighted by Gasteiger charge is 2.20. The monoisotopic (exact) mass is 268 g/mol. The third kappa shape index (κ3) is 5.36. The Hall–Kier alpha value is -1.46. The van der Waals surface area contributed by atoms with E-state index in [9.17, 15) is 9.18 Å². The summed E-state index contributed by atoms with van der Waals surface area (Å²) < 4.78 is 18.0. The molecule has 0 spiro atoms. The predicted molar refractivity (Wildman–Crippen MR) is 73.3 cm³/mol. The Labute approximate surface area is 113 Å². The van der Waals surface area contributed by atoms with Crippen LogP contribution in [0.5, 0.6) is 0 Å². The third-order valence-corrected chi connectivity index (χ3v) is 3.16. The molecule has 4 nitrogen and oxygen atoms in total. The van der Waals surface area contributed by atoms with Crippen LogP contribution >= 0.6 is 0 Å². The fourth-order valence-electron chi connectivity index (χ4n) is 1.53. The number of nitrogens with one attached hydrogen (secondary N) is 1. The highest BCUT2D eigenvalue weighted by atomic mass is 19.1. The highest BCUT2D eigenvalue weighted by molar-refractivity contribution is 5.91. The van der Waals surface area contributed by atoms with Crippen molar-refractivity contribution in [1.29, 1.82) is 0 Å². The van der Waals surface area contributed by atoms with Gasteiger partial charge >= 0.3 is 0 Å². The van der Waals surface area contributed by atoms with Crippen LogP contribution in [0.15, 0.2) is 24.3 Å². The minimum atomic E-state index is -0.379. The largest absolute Gasteiger partial charge is 0.370 e.